The van der Waals surface area contributed by atoms with E-state index in [1.54, 1.807) is 0 Å². The van der Waals surface area contributed by atoms with Gasteiger partial charge in [0.15, 0.2) is 0 Å². The van der Waals surface area contributed by atoms with Crippen molar-refractivity contribution in [1.82, 2.24) is 0 Å². The third kappa shape index (κ3) is 7.53. The van der Waals surface area contributed by atoms with Crippen LogP contribution in [0.2, 0.25) is 0 Å². The van der Waals surface area contributed by atoms with E-state index in [9.17, 15) is 9.59 Å². The van der Waals surface area contributed by atoms with Gasteiger partial charge in [0.25, 0.3) is 0 Å². The number of rotatable bonds is 13. The van der Waals surface area contributed by atoms with Gasteiger partial charge in [0.2, 0.25) is 0 Å². The summed E-state index contributed by atoms with van der Waals surface area (Å²) in [4.78, 5) is 24.8. The van der Waals surface area contributed by atoms with Crippen LogP contribution >= 0.6 is 25.3 Å². The van der Waals surface area contributed by atoms with Gasteiger partial charge in [0, 0.05) is 28.2 Å². The molecule has 4 nitrogen and oxygen atoms in total. The Morgan fingerprint density at radius 1 is 0.864 bits per heavy atom. The fourth-order valence-corrected chi connectivity index (χ4v) is 10.7. The summed E-state index contributed by atoms with van der Waals surface area (Å²) < 4.78 is 11.1. The highest BCUT2D eigenvalue weighted by atomic mass is 32.1. The molecule has 4 saturated carbocycles. The van der Waals surface area contributed by atoms with Crippen molar-refractivity contribution >= 4 is 37.2 Å². The second-order valence-electron chi connectivity index (χ2n) is 15.9. The summed E-state index contributed by atoms with van der Waals surface area (Å²) >= 11 is 8.32. The number of hydrogen-bond acceptors (Lipinski definition) is 6. The Hall–Kier alpha value is -1.14. The number of hydrogen-bond donors (Lipinski definition) is 2. The summed E-state index contributed by atoms with van der Waals surface area (Å²) in [5.41, 5.74) is 2.36. The highest BCUT2D eigenvalue weighted by molar-refractivity contribution is 7.80. The summed E-state index contributed by atoms with van der Waals surface area (Å²) in [5, 5.41) is 0. The fraction of sp³-hybridized carbons (Fsp3) is 0.789. The van der Waals surface area contributed by atoms with Crippen LogP contribution in [0.5, 0.6) is 0 Å². The minimum absolute atomic E-state index is 0.101. The SMILES string of the molecule is C=C(CS)C(=O)O/C=C(\COC(=O)C(=C)CS)[C@H]1CC[C@@]2(C)[C@@H](CC[C@@H]3[C@@H]2CC[C@]2(C)[C@@H]([C@H](C)CCCC(C)C)CC[C@@H]32)C1. The first-order chi connectivity index (χ1) is 20.8. The molecule has 0 aromatic rings. The van der Waals surface area contributed by atoms with Crippen molar-refractivity contribution in [1.29, 1.82) is 0 Å². The summed E-state index contributed by atoms with van der Waals surface area (Å²) in [7, 11) is 0. The van der Waals surface area contributed by atoms with Gasteiger partial charge in [-0.15, -0.1) is 0 Å². The lowest BCUT2D eigenvalue weighted by atomic mass is 9.43. The minimum Gasteiger partial charge on any atom is -0.458 e. The molecule has 0 aromatic heterocycles. The predicted molar refractivity (Wildman–Crippen MR) is 188 cm³/mol. The second kappa shape index (κ2) is 15.2. The molecule has 6 heteroatoms. The molecule has 0 spiro atoms. The molecule has 4 fully saturated rings. The van der Waals surface area contributed by atoms with Gasteiger partial charge in [-0.2, -0.15) is 25.3 Å². The molecule has 248 valence electrons. The number of carbonyl (C=O) groups is 2. The van der Waals surface area contributed by atoms with E-state index in [0.29, 0.717) is 27.9 Å². The van der Waals surface area contributed by atoms with Gasteiger partial charge < -0.3 is 9.47 Å². The van der Waals surface area contributed by atoms with E-state index in [4.69, 9.17) is 9.47 Å². The van der Waals surface area contributed by atoms with Crippen LogP contribution in [0, 0.1) is 58.2 Å². The number of ether oxygens (including phenoxy) is 2. The Bertz CT molecular complexity index is 1100. The van der Waals surface area contributed by atoms with Crippen molar-refractivity contribution in [3.05, 3.63) is 36.1 Å². The number of esters is 2. The smallest absolute Gasteiger partial charge is 0.339 e. The van der Waals surface area contributed by atoms with Gasteiger partial charge in [-0.25, -0.2) is 9.59 Å². The van der Waals surface area contributed by atoms with E-state index in [-0.39, 0.29) is 24.0 Å². The van der Waals surface area contributed by atoms with Crippen LogP contribution in [0.1, 0.15) is 112 Å². The van der Waals surface area contributed by atoms with Gasteiger partial charge in [-0.1, -0.05) is 67.0 Å². The first-order valence-corrected chi connectivity index (χ1v) is 18.8. The van der Waals surface area contributed by atoms with Crippen LogP contribution in [-0.4, -0.2) is 30.1 Å². The zero-order valence-electron chi connectivity index (χ0n) is 28.2. The van der Waals surface area contributed by atoms with Crippen LogP contribution in [0.4, 0.5) is 0 Å². The van der Waals surface area contributed by atoms with Gasteiger partial charge in [-0.05, 0) is 116 Å². The quantitative estimate of drug-likeness (QED) is 0.0907. The summed E-state index contributed by atoms with van der Waals surface area (Å²) in [6.07, 6.45) is 17.2. The number of fused-ring (bicyclic) bond motifs is 5. The number of carbonyl (C=O) groups excluding carboxylic acids is 2. The van der Waals surface area contributed by atoms with Crippen LogP contribution in [0.3, 0.4) is 0 Å². The van der Waals surface area contributed by atoms with Crippen LogP contribution in [0.15, 0.2) is 36.1 Å². The summed E-state index contributed by atoms with van der Waals surface area (Å²) in [6, 6.07) is 0. The summed E-state index contributed by atoms with van der Waals surface area (Å²) in [6.45, 7) is 20.2. The molecule has 0 unspecified atom stereocenters. The van der Waals surface area contributed by atoms with Crippen molar-refractivity contribution in [2.75, 3.05) is 18.1 Å². The normalized spacial score (nSPS) is 35.7. The Balaban J connectivity index is 1.45. The Morgan fingerprint density at radius 3 is 2.20 bits per heavy atom. The molecular weight excluding hydrogens is 585 g/mol. The molecule has 0 amide bonds. The van der Waals surface area contributed by atoms with E-state index in [1.165, 1.54) is 70.5 Å². The van der Waals surface area contributed by atoms with Crippen molar-refractivity contribution in [2.24, 2.45) is 58.2 Å². The van der Waals surface area contributed by atoms with Gasteiger partial charge >= 0.3 is 11.9 Å². The molecule has 9 atom stereocenters. The highest BCUT2D eigenvalue weighted by Crippen LogP contribution is 2.69. The average Bonchev–Trinajstić information content (AvgIpc) is 3.36. The lowest BCUT2D eigenvalue weighted by molar-refractivity contribution is -0.138. The lowest BCUT2D eigenvalue weighted by Gasteiger charge is -2.61. The Morgan fingerprint density at radius 2 is 1.52 bits per heavy atom. The molecular formula is C38H60O4S2. The van der Waals surface area contributed by atoms with E-state index < -0.39 is 11.9 Å². The minimum atomic E-state index is -0.487. The average molecular weight is 645 g/mol. The number of thiol groups is 2. The maximum Gasteiger partial charge on any atom is 0.339 e. The lowest BCUT2D eigenvalue weighted by Crippen LogP contribution is -2.53. The highest BCUT2D eigenvalue weighted by Gasteiger charge is 2.60. The second-order valence-corrected chi connectivity index (χ2v) is 16.5. The first kappa shape index (κ1) is 35.7. The molecule has 0 bridgehead atoms. The molecule has 0 aliphatic heterocycles. The van der Waals surface area contributed by atoms with Crippen LogP contribution < -0.4 is 0 Å². The van der Waals surface area contributed by atoms with Gasteiger partial charge in [0.05, 0.1) is 6.26 Å². The monoisotopic (exact) mass is 644 g/mol. The molecule has 44 heavy (non-hydrogen) atoms. The Labute approximate surface area is 279 Å². The van der Waals surface area contributed by atoms with Crippen LogP contribution in [0.25, 0.3) is 0 Å². The van der Waals surface area contributed by atoms with E-state index in [2.05, 4.69) is 73.0 Å². The maximum absolute atomic E-state index is 12.4. The van der Waals surface area contributed by atoms with E-state index in [0.717, 1.165) is 53.9 Å². The zero-order chi connectivity index (χ0) is 32.2. The summed E-state index contributed by atoms with van der Waals surface area (Å²) in [5.74, 6) is 5.47. The maximum atomic E-state index is 12.4. The predicted octanol–water partition coefficient (Wildman–Crippen LogP) is 9.67. The van der Waals surface area contributed by atoms with E-state index in [1.807, 2.05) is 0 Å². The molecule has 4 aliphatic rings. The fourth-order valence-electron chi connectivity index (χ4n) is 10.5. The Kier molecular flexibility index (Phi) is 12.3. The molecule has 0 saturated heterocycles. The van der Waals surface area contributed by atoms with Crippen LogP contribution in [-0.2, 0) is 19.1 Å². The van der Waals surface area contributed by atoms with Crippen molar-refractivity contribution < 1.29 is 19.1 Å². The van der Waals surface area contributed by atoms with Gasteiger partial charge in [0.1, 0.15) is 6.61 Å². The third-order valence-corrected chi connectivity index (χ3v) is 13.8. The van der Waals surface area contributed by atoms with E-state index >= 15 is 0 Å². The van der Waals surface area contributed by atoms with Crippen molar-refractivity contribution in [3.8, 4) is 0 Å². The van der Waals surface area contributed by atoms with Crippen molar-refractivity contribution in [3.63, 3.8) is 0 Å². The topological polar surface area (TPSA) is 52.6 Å². The zero-order valence-corrected chi connectivity index (χ0v) is 30.0. The third-order valence-electron chi connectivity index (χ3n) is 13.0. The molecule has 0 radical (unpaired) electrons. The molecule has 4 aliphatic carbocycles. The molecule has 4 rings (SSSR count). The largest absolute Gasteiger partial charge is 0.458 e. The molecule has 0 heterocycles. The standard InChI is InChI=1S/C38H60O4S2/c1-24(2)9-8-10-25(3)32-13-14-33-31-12-11-30-19-28(15-17-37(30,6)34(31)16-18-38(32,33)7)29(20-41-35(39)26(4)22-43)21-42-36(40)27(5)23-44/h20,24-25,28,30-34,43-44H,4-5,8-19,21-23H2,1-3,6-7H3/b29-20+/t25-,28+,30+,31+,32-,33+,34+,37+,38-/m1/s1. The molecule has 0 N–H and O–H groups in total. The molecule has 0 aromatic carbocycles. The van der Waals surface area contributed by atoms with Gasteiger partial charge in [-0.3, -0.25) is 0 Å². The first-order valence-electron chi connectivity index (χ1n) is 17.5. The van der Waals surface area contributed by atoms with Crippen molar-refractivity contribution in [2.45, 2.75) is 112 Å².